The van der Waals surface area contributed by atoms with Crippen LogP contribution in [0.15, 0.2) is 91.0 Å². The van der Waals surface area contributed by atoms with Gasteiger partial charge in [0.1, 0.15) is 6.04 Å². The number of urea groups is 2. The van der Waals surface area contributed by atoms with Crippen LogP contribution in [0.25, 0.3) is 11.1 Å². The predicted molar refractivity (Wildman–Crippen MR) is 295 cm³/mol. The Morgan fingerprint density at radius 3 is 1.61 bits per heavy atom. The summed E-state index contributed by atoms with van der Waals surface area (Å²) < 4.78 is 5.28. The van der Waals surface area contributed by atoms with Crippen LogP contribution in [0.4, 0.5) is 26.7 Å². The Bertz CT molecular complexity index is 2400. The van der Waals surface area contributed by atoms with Crippen LogP contribution >= 0.6 is 46.4 Å². The van der Waals surface area contributed by atoms with Gasteiger partial charge >= 0.3 is 18.0 Å². The van der Waals surface area contributed by atoms with Gasteiger partial charge in [-0.25, -0.2) is 14.4 Å². The molecule has 0 bridgehead atoms. The molecule has 0 aromatic heterocycles. The second kappa shape index (κ2) is 26.2. The summed E-state index contributed by atoms with van der Waals surface area (Å²) in [7, 11) is 1.34. The molecule has 2 aliphatic carbocycles. The van der Waals surface area contributed by atoms with E-state index in [0.29, 0.717) is 31.9 Å². The Kier molecular flexibility index (Phi) is 19.6. The van der Waals surface area contributed by atoms with E-state index in [1.807, 2.05) is 97.9 Å². The summed E-state index contributed by atoms with van der Waals surface area (Å²) in [5, 5.41) is 12.0. The van der Waals surface area contributed by atoms with Crippen LogP contribution in [0.1, 0.15) is 71.1 Å². The lowest BCUT2D eigenvalue weighted by molar-refractivity contribution is -0.144. The molecule has 4 amide bonds. The first-order chi connectivity index (χ1) is 34.9. The molecule has 2 heterocycles. The minimum Gasteiger partial charge on any atom is -0.467 e. The molecular formula is C56H72Cl4N8O4. The Morgan fingerprint density at radius 1 is 0.611 bits per heavy atom. The molecular weight excluding hydrogens is 990 g/mol. The molecule has 0 spiro atoms. The van der Waals surface area contributed by atoms with Crippen LogP contribution in [-0.4, -0.2) is 125 Å². The predicted octanol–water partition coefficient (Wildman–Crippen LogP) is 11.5. The van der Waals surface area contributed by atoms with E-state index in [9.17, 15) is 14.4 Å². The number of hydrogen-bond acceptors (Lipinski definition) is 8. The number of carbonyl (C=O) groups is 3. The molecule has 2 aliphatic heterocycles. The topological polar surface area (TPSA) is 113 Å². The minimum absolute atomic E-state index is 0.00663. The van der Waals surface area contributed by atoms with E-state index in [2.05, 4.69) is 35.6 Å². The van der Waals surface area contributed by atoms with Crippen LogP contribution in [0, 0.1) is 17.8 Å². The summed E-state index contributed by atoms with van der Waals surface area (Å²) in [6, 6.07) is 27.9. The third-order valence-corrected chi connectivity index (χ3v) is 17.3. The summed E-state index contributed by atoms with van der Waals surface area (Å²) in [5.74, 6) is 0.139. The number of carbonyl (C=O) groups excluding carboxylic acids is 3. The lowest BCUT2D eigenvalue weighted by Gasteiger charge is -2.38. The van der Waals surface area contributed by atoms with E-state index in [-0.39, 0.29) is 24.7 Å². The molecule has 72 heavy (non-hydrogen) atoms. The Morgan fingerprint density at radius 2 is 1.10 bits per heavy atom. The first kappa shape index (κ1) is 53.8. The molecule has 16 heteroatoms. The van der Waals surface area contributed by atoms with Gasteiger partial charge in [-0.15, -0.1) is 0 Å². The molecule has 4 aromatic rings. The summed E-state index contributed by atoms with van der Waals surface area (Å²) in [6.45, 7) is 11.7. The highest BCUT2D eigenvalue weighted by molar-refractivity contribution is 6.44. The molecule has 2 saturated heterocycles. The van der Waals surface area contributed by atoms with Gasteiger partial charge in [-0.2, -0.15) is 0 Å². The number of nitrogens with zero attached hydrogens (tertiary/aromatic N) is 5. The van der Waals surface area contributed by atoms with E-state index in [1.54, 1.807) is 4.90 Å². The van der Waals surface area contributed by atoms with Gasteiger partial charge in [0.15, 0.2) is 0 Å². The molecule has 4 aromatic carbocycles. The number of para-hydroxylation sites is 1. The van der Waals surface area contributed by atoms with Gasteiger partial charge < -0.3 is 30.5 Å². The fraction of sp³-hybridized carbons (Fsp3) is 0.518. The molecule has 4 fully saturated rings. The number of methoxy groups -OCH3 is 1. The van der Waals surface area contributed by atoms with Crippen molar-refractivity contribution in [1.82, 2.24) is 25.8 Å². The van der Waals surface area contributed by atoms with Gasteiger partial charge in [0, 0.05) is 82.5 Å². The summed E-state index contributed by atoms with van der Waals surface area (Å²) in [5.41, 5.74) is 4.61. The van der Waals surface area contributed by atoms with Gasteiger partial charge in [0.25, 0.3) is 0 Å². The van der Waals surface area contributed by atoms with Crippen LogP contribution in [-0.2, 0) is 9.53 Å². The van der Waals surface area contributed by atoms with Crippen molar-refractivity contribution in [3.8, 4) is 11.1 Å². The lowest BCUT2D eigenvalue weighted by Crippen LogP contribution is -2.55. The number of hydrogen-bond donors (Lipinski definition) is 3. The lowest BCUT2D eigenvalue weighted by atomic mass is 9.84. The highest BCUT2D eigenvalue weighted by Gasteiger charge is 2.34. The number of halogens is 4. The molecule has 12 nitrogen and oxygen atoms in total. The SMILES string of the molecule is COC(=O)C(NC(=O)NC1CCC(CCN2CCN(c3cccc(Cl)c3Cl)CC2)CC1)C(C)CN(C(=O)NC1CCC(CCN2CCN(c3cccc(Cl)c3Cl)CC2)CC1)c1ccccc1-c1ccccc1. The van der Waals surface area contributed by atoms with Gasteiger partial charge in [-0.05, 0) is 125 Å². The number of esters is 1. The van der Waals surface area contributed by atoms with E-state index < -0.39 is 24.0 Å². The van der Waals surface area contributed by atoms with E-state index in [4.69, 9.17) is 51.1 Å². The molecule has 388 valence electrons. The maximum absolute atomic E-state index is 14.7. The largest absolute Gasteiger partial charge is 0.467 e. The van der Waals surface area contributed by atoms with Crippen molar-refractivity contribution in [2.75, 3.05) is 93.8 Å². The second-order valence-corrected chi connectivity index (χ2v) is 21.9. The van der Waals surface area contributed by atoms with Crippen LogP contribution in [0.5, 0.6) is 0 Å². The van der Waals surface area contributed by atoms with Gasteiger partial charge in [0.2, 0.25) is 0 Å². The summed E-state index contributed by atoms with van der Waals surface area (Å²) in [6.07, 6.45) is 9.97. The smallest absolute Gasteiger partial charge is 0.328 e. The second-order valence-electron chi connectivity index (χ2n) is 20.4. The molecule has 8 rings (SSSR count). The average Bonchev–Trinajstić information content (AvgIpc) is 3.41. The molecule has 2 atom stereocenters. The Hall–Kier alpha value is -4.43. The quantitative estimate of drug-likeness (QED) is 0.0897. The van der Waals surface area contributed by atoms with Crippen LogP contribution in [0.2, 0.25) is 20.1 Å². The van der Waals surface area contributed by atoms with Gasteiger partial charge in [-0.3, -0.25) is 14.7 Å². The molecule has 2 unspecified atom stereocenters. The first-order valence-corrected chi connectivity index (χ1v) is 27.6. The number of ether oxygens (including phenoxy) is 1. The fourth-order valence-electron chi connectivity index (χ4n) is 11.3. The van der Waals surface area contributed by atoms with Crippen LogP contribution in [0.3, 0.4) is 0 Å². The monoisotopic (exact) mass is 1060 g/mol. The molecule has 0 radical (unpaired) electrons. The first-order valence-electron chi connectivity index (χ1n) is 26.1. The fourth-order valence-corrected chi connectivity index (χ4v) is 12.1. The van der Waals surface area contributed by atoms with Crippen molar-refractivity contribution >= 4 is 81.5 Å². The van der Waals surface area contributed by atoms with Crippen molar-refractivity contribution < 1.29 is 19.1 Å². The highest BCUT2D eigenvalue weighted by Crippen LogP contribution is 2.36. The molecule has 2 saturated carbocycles. The Balaban J connectivity index is 0.821. The van der Waals surface area contributed by atoms with Crippen molar-refractivity contribution in [2.24, 2.45) is 17.8 Å². The number of piperazine rings is 2. The van der Waals surface area contributed by atoms with Crippen molar-refractivity contribution in [3.05, 3.63) is 111 Å². The van der Waals surface area contributed by atoms with Crippen molar-refractivity contribution in [3.63, 3.8) is 0 Å². The maximum atomic E-state index is 14.7. The summed E-state index contributed by atoms with van der Waals surface area (Å²) >= 11 is 25.6. The van der Waals surface area contributed by atoms with Gasteiger partial charge in [-0.1, -0.05) is 114 Å². The van der Waals surface area contributed by atoms with Crippen LogP contribution < -0.4 is 30.7 Å². The van der Waals surface area contributed by atoms with E-state index in [0.717, 1.165) is 158 Å². The van der Waals surface area contributed by atoms with E-state index in [1.165, 1.54) is 7.11 Å². The number of nitrogens with one attached hydrogen (secondary N) is 3. The number of anilines is 3. The number of benzene rings is 4. The zero-order valence-corrected chi connectivity index (χ0v) is 44.9. The highest BCUT2D eigenvalue weighted by atomic mass is 35.5. The number of amides is 4. The van der Waals surface area contributed by atoms with Crippen molar-refractivity contribution in [2.45, 2.75) is 89.3 Å². The van der Waals surface area contributed by atoms with E-state index >= 15 is 0 Å². The minimum atomic E-state index is -0.992. The average molecular weight is 1060 g/mol. The zero-order valence-electron chi connectivity index (χ0n) is 41.9. The Labute approximate surface area is 447 Å². The molecule has 3 N–H and O–H groups in total. The summed E-state index contributed by atoms with van der Waals surface area (Å²) in [4.78, 5) is 53.4. The maximum Gasteiger partial charge on any atom is 0.328 e. The molecule has 4 aliphatic rings. The normalized spacial score (nSPS) is 21.9. The standard InChI is InChI=1S/C56H72Cl4N8O4/c1-39(53(54(69)72-2)63-55(70)61-43-22-18-40(19-23-43)26-28-64-30-34-66(35-31-64)49-16-8-13-46(57)51(49)59)38-68(48-15-7-6-12-45(48)42-10-4-3-5-11-42)56(71)62-44-24-20-41(21-25-44)27-29-65-32-36-67(37-33-65)50-17-9-14-47(58)52(50)60/h3-17,39-41,43-44,53H,18-38H2,1-2H3,(H,62,71)(H2,61,63,70). The van der Waals surface area contributed by atoms with Gasteiger partial charge in [0.05, 0.1) is 44.3 Å². The zero-order chi connectivity index (χ0) is 50.6. The third-order valence-electron chi connectivity index (χ3n) is 15.7. The number of rotatable bonds is 17. The third kappa shape index (κ3) is 14.2. The van der Waals surface area contributed by atoms with Crippen molar-refractivity contribution in [1.29, 1.82) is 0 Å².